The summed E-state index contributed by atoms with van der Waals surface area (Å²) in [6, 6.07) is 81.5. The molecule has 0 atom stereocenters. The number of fused-ring (bicyclic) bond motifs is 9. The summed E-state index contributed by atoms with van der Waals surface area (Å²) < 4.78 is 7.54. The van der Waals surface area contributed by atoms with E-state index >= 15 is 0 Å². The fourth-order valence-corrected chi connectivity index (χ4v) is 15.6. The number of rotatable bonds is 6. The molecule has 9 aromatic carbocycles. The maximum Gasteiger partial charge on any atom is 0.179 e. The third-order valence-electron chi connectivity index (χ3n) is 12.3. The lowest BCUT2D eigenvalue weighted by Crippen LogP contribution is -2.74. The molecule has 0 amide bonds. The molecular formula is C54H36N2SSi. The molecule has 272 valence electrons. The molecule has 0 aliphatic carbocycles. The van der Waals surface area contributed by atoms with Crippen LogP contribution in [0.5, 0.6) is 0 Å². The molecule has 3 heterocycles. The summed E-state index contributed by atoms with van der Waals surface area (Å²) in [6.07, 6.45) is 0. The number of hydrogen-bond acceptors (Lipinski definition) is 1. The van der Waals surface area contributed by atoms with E-state index in [4.69, 9.17) is 0 Å². The van der Waals surface area contributed by atoms with E-state index in [-0.39, 0.29) is 0 Å². The first-order valence-electron chi connectivity index (χ1n) is 19.9. The molecule has 0 spiro atoms. The molecule has 0 radical (unpaired) electrons. The number of hydrogen-bond donors (Lipinski definition) is 0. The lowest BCUT2D eigenvalue weighted by molar-refractivity contribution is 1.18. The summed E-state index contributed by atoms with van der Waals surface area (Å²) in [7, 11) is -2.86. The molecule has 0 saturated carbocycles. The van der Waals surface area contributed by atoms with E-state index < -0.39 is 8.07 Å². The smallest absolute Gasteiger partial charge is 0.179 e. The van der Waals surface area contributed by atoms with Gasteiger partial charge in [0.1, 0.15) is 0 Å². The van der Waals surface area contributed by atoms with Gasteiger partial charge in [0.05, 0.1) is 22.1 Å². The summed E-state index contributed by atoms with van der Waals surface area (Å²) in [5, 5.41) is 13.2. The fraction of sp³-hybridized carbons (Fsp3) is 0. The van der Waals surface area contributed by atoms with E-state index in [1.807, 2.05) is 11.3 Å². The largest absolute Gasteiger partial charge is 0.309 e. The molecule has 58 heavy (non-hydrogen) atoms. The van der Waals surface area contributed by atoms with Crippen LogP contribution < -0.4 is 20.7 Å². The number of nitrogens with zero attached hydrogens (tertiary/aromatic N) is 2. The topological polar surface area (TPSA) is 9.86 Å². The second-order valence-electron chi connectivity index (χ2n) is 15.3. The Kier molecular flexibility index (Phi) is 7.46. The van der Waals surface area contributed by atoms with Gasteiger partial charge in [-0.1, -0.05) is 158 Å². The minimum Gasteiger partial charge on any atom is -0.309 e. The Bertz CT molecular complexity index is 3450. The van der Waals surface area contributed by atoms with Crippen molar-refractivity contribution in [2.75, 3.05) is 0 Å². The molecule has 0 unspecified atom stereocenters. The van der Waals surface area contributed by atoms with Gasteiger partial charge in [-0.15, -0.1) is 11.3 Å². The van der Waals surface area contributed by atoms with Crippen LogP contribution in [0.1, 0.15) is 0 Å². The first-order valence-corrected chi connectivity index (χ1v) is 22.7. The van der Waals surface area contributed by atoms with Crippen LogP contribution in [0, 0.1) is 0 Å². The molecule has 0 saturated heterocycles. The fourth-order valence-electron chi connectivity index (χ4n) is 9.76. The standard InChI is InChI=1S/C54H36N2SSi/c1-4-16-37(17-5-1)55-49-25-13-10-22-43(49)46-34-42(32-33-51(46)55)58(39-18-6-2-7-19-39,40-20-8-3-9-21-40)41-30-28-38(29-31-41)56-50-26-14-11-23-44(50)47-36-54-48(35-52(47)56)45-24-12-15-27-53(45)57-54/h1-36H. The second kappa shape index (κ2) is 13.0. The molecule has 0 aliphatic heterocycles. The van der Waals surface area contributed by atoms with E-state index in [1.54, 1.807) is 0 Å². The van der Waals surface area contributed by atoms with Crippen LogP contribution in [0.25, 0.3) is 75.2 Å². The average Bonchev–Trinajstić information content (AvgIpc) is 3.94. The van der Waals surface area contributed by atoms with Crippen molar-refractivity contribution < 1.29 is 0 Å². The Balaban J connectivity index is 1.11. The van der Waals surface area contributed by atoms with Gasteiger partial charge in [-0.25, -0.2) is 0 Å². The first-order chi connectivity index (χ1) is 28.8. The number of thiophene rings is 1. The van der Waals surface area contributed by atoms with Crippen LogP contribution in [-0.2, 0) is 0 Å². The molecule has 3 aromatic heterocycles. The molecule has 0 bridgehead atoms. The van der Waals surface area contributed by atoms with Crippen LogP contribution in [0.4, 0.5) is 0 Å². The quantitative estimate of drug-likeness (QED) is 0.118. The molecule has 2 nitrogen and oxygen atoms in total. The zero-order valence-corrected chi connectivity index (χ0v) is 33.4. The highest BCUT2D eigenvalue weighted by atomic mass is 32.1. The van der Waals surface area contributed by atoms with Gasteiger partial charge in [-0.2, -0.15) is 0 Å². The van der Waals surface area contributed by atoms with E-state index in [0.717, 1.165) is 0 Å². The van der Waals surface area contributed by atoms with E-state index in [1.165, 1.54) is 95.9 Å². The SMILES string of the molecule is c1ccc(-n2c3ccccc3c3cc([Si](c4ccccc4)(c4ccccc4)c4ccc(-n5c6ccccc6c6cc7sc8ccccc8c7cc65)cc4)ccc32)cc1. The maximum absolute atomic E-state index is 2.86. The van der Waals surface area contributed by atoms with Crippen LogP contribution in [0.15, 0.2) is 218 Å². The lowest BCUT2D eigenvalue weighted by Gasteiger charge is -2.34. The zero-order chi connectivity index (χ0) is 38.2. The van der Waals surface area contributed by atoms with E-state index in [0.29, 0.717) is 0 Å². The van der Waals surface area contributed by atoms with Gasteiger partial charge in [-0.3, -0.25) is 0 Å². The van der Waals surface area contributed by atoms with Gasteiger partial charge in [0.25, 0.3) is 0 Å². The van der Waals surface area contributed by atoms with Crippen molar-refractivity contribution in [2.45, 2.75) is 0 Å². The van der Waals surface area contributed by atoms with Crippen molar-refractivity contribution >= 4 is 104 Å². The molecular weight excluding hydrogens is 737 g/mol. The first kappa shape index (κ1) is 33.2. The highest BCUT2D eigenvalue weighted by molar-refractivity contribution is 7.26. The molecule has 0 N–H and O–H groups in total. The minimum atomic E-state index is -2.86. The molecule has 12 aromatic rings. The normalized spacial score (nSPS) is 12.1. The van der Waals surface area contributed by atoms with Gasteiger partial charge >= 0.3 is 0 Å². The summed E-state index contributed by atoms with van der Waals surface area (Å²) >= 11 is 1.88. The minimum absolute atomic E-state index is 1.17. The van der Waals surface area contributed by atoms with Gasteiger partial charge in [0, 0.05) is 53.1 Å². The van der Waals surface area contributed by atoms with Crippen LogP contribution in [0.3, 0.4) is 0 Å². The van der Waals surface area contributed by atoms with Gasteiger partial charge in [-0.05, 0) is 81.4 Å². The molecule has 0 aliphatic rings. The third kappa shape index (κ3) is 4.83. The molecule has 12 rings (SSSR count). The van der Waals surface area contributed by atoms with Crippen molar-refractivity contribution in [3.05, 3.63) is 218 Å². The Morgan fingerprint density at radius 2 is 0.741 bits per heavy atom. The average molecular weight is 773 g/mol. The predicted molar refractivity (Wildman–Crippen MR) is 252 cm³/mol. The summed E-state index contributed by atoms with van der Waals surface area (Å²) in [5.74, 6) is 0. The van der Waals surface area contributed by atoms with Gasteiger partial charge in [0.2, 0.25) is 0 Å². The summed E-state index contributed by atoms with van der Waals surface area (Å²) in [5.41, 5.74) is 7.23. The monoisotopic (exact) mass is 772 g/mol. The van der Waals surface area contributed by atoms with Crippen LogP contribution in [0.2, 0.25) is 0 Å². The van der Waals surface area contributed by atoms with Crippen molar-refractivity contribution in [3.63, 3.8) is 0 Å². The Labute approximate surface area is 341 Å². The molecule has 4 heteroatoms. The van der Waals surface area contributed by atoms with Crippen LogP contribution in [-0.4, -0.2) is 17.2 Å². The maximum atomic E-state index is 2.51. The predicted octanol–water partition coefficient (Wildman–Crippen LogP) is 11.6. The van der Waals surface area contributed by atoms with E-state index in [9.17, 15) is 0 Å². The van der Waals surface area contributed by atoms with Gasteiger partial charge in [0.15, 0.2) is 8.07 Å². The number of aromatic nitrogens is 2. The highest BCUT2D eigenvalue weighted by Crippen LogP contribution is 2.40. The summed E-state index contributed by atoms with van der Waals surface area (Å²) in [4.78, 5) is 0. The van der Waals surface area contributed by atoms with Gasteiger partial charge < -0.3 is 9.13 Å². The highest BCUT2D eigenvalue weighted by Gasteiger charge is 2.41. The Morgan fingerprint density at radius 3 is 1.40 bits per heavy atom. The lowest BCUT2D eigenvalue weighted by atomic mass is 10.1. The van der Waals surface area contributed by atoms with E-state index in [2.05, 4.69) is 228 Å². The second-order valence-corrected chi connectivity index (χ2v) is 20.2. The van der Waals surface area contributed by atoms with Crippen molar-refractivity contribution in [3.8, 4) is 11.4 Å². The Morgan fingerprint density at radius 1 is 0.276 bits per heavy atom. The number of para-hydroxylation sites is 3. The van der Waals surface area contributed by atoms with Crippen molar-refractivity contribution in [1.82, 2.24) is 9.13 Å². The molecule has 0 fully saturated rings. The number of benzene rings is 9. The zero-order valence-electron chi connectivity index (χ0n) is 31.6. The van der Waals surface area contributed by atoms with Crippen molar-refractivity contribution in [2.24, 2.45) is 0 Å². The summed E-state index contributed by atoms with van der Waals surface area (Å²) in [6.45, 7) is 0. The van der Waals surface area contributed by atoms with Crippen molar-refractivity contribution in [1.29, 1.82) is 0 Å². The van der Waals surface area contributed by atoms with Crippen LogP contribution >= 0.6 is 11.3 Å². The Hall–Kier alpha value is -6.98. The third-order valence-corrected chi connectivity index (χ3v) is 18.2.